The van der Waals surface area contributed by atoms with Crippen LogP contribution in [0, 0.1) is 11.8 Å². The number of sulfonamides is 1. The zero-order chi connectivity index (χ0) is 18.7. The number of piperidine rings is 1. The van der Waals surface area contributed by atoms with Gasteiger partial charge in [-0.2, -0.15) is 0 Å². The largest absolute Gasteiger partial charge is 0.327 e. The smallest absolute Gasteiger partial charge is 0.279 e. The number of carbonyl (C=O) groups is 1. The Bertz CT molecular complexity index is 748. The van der Waals surface area contributed by atoms with E-state index in [0.29, 0.717) is 12.2 Å². The fourth-order valence-electron chi connectivity index (χ4n) is 4.33. The first-order chi connectivity index (χ1) is 12.4. The van der Waals surface area contributed by atoms with Gasteiger partial charge in [0, 0.05) is 25.7 Å². The number of rotatable bonds is 5. The predicted octanol–water partition coefficient (Wildman–Crippen LogP) is 0.970. The van der Waals surface area contributed by atoms with Crippen LogP contribution in [0.15, 0.2) is 29.2 Å². The number of nitrogens with one attached hydrogen (secondary N) is 2. The molecule has 1 aromatic carbocycles. The van der Waals surface area contributed by atoms with Crippen LogP contribution < -0.4 is 10.2 Å². The van der Waals surface area contributed by atoms with Crippen molar-refractivity contribution in [3.05, 3.63) is 24.3 Å². The van der Waals surface area contributed by atoms with E-state index in [1.807, 2.05) is 0 Å². The fraction of sp³-hybridized carbons (Fsp3) is 0.632. The fourth-order valence-corrected chi connectivity index (χ4v) is 5.28. The summed E-state index contributed by atoms with van der Waals surface area (Å²) in [6.45, 7) is 2.60. The molecule has 2 fully saturated rings. The highest BCUT2D eigenvalue weighted by molar-refractivity contribution is 7.89. The molecule has 1 aliphatic heterocycles. The van der Waals surface area contributed by atoms with Crippen molar-refractivity contribution in [2.75, 3.05) is 39.0 Å². The van der Waals surface area contributed by atoms with E-state index in [1.54, 1.807) is 18.2 Å². The Hall–Kier alpha value is -1.44. The molecule has 3 atom stereocenters. The number of hydrogen-bond donors (Lipinski definition) is 2. The molecule has 0 aromatic heterocycles. The molecular weight excluding hydrogens is 350 g/mol. The summed E-state index contributed by atoms with van der Waals surface area (Å²) < 4.78 is 25.6. The highest BCUT2D eigenvalue weighted by Crippen LogP contribution is 2.32. The number of likely N-dealkylation sites (tertiary alicyclic amines) is 1. The quantitative estimate of drug-likeness (QED) is 0.800. The van der Waals surface area contributed by atoms with Crippen molar-refractivity contribution in [3.8, 4) is 0 Å². The van der Waals surface area contributed by atoms with Crippen LogP contribution in [-0.2, 0) is 14.8 Å². The van der Waals surface area contributed by atoms with Gasteiger partial charge >= 0.3 is 0 Å². The topological polar surface area (TPSA) is 70.9 Å². The lowest BCUT2D eigenvalue weighted by atomic mass is 9.75. The molecule has 144 valence electrons. The second-order valence-electron chi connectivity index (χ2n) is 7.84. The summed E-state index contributed by atoms with van der Waals surface area (Å²) in [5.41, 5.74) is 0.532. The van der Waals surface area contributed by atoms with Crippen LogP contribution in [0.4, 0.5) is 5.69 Å². The van der Waals surface area contributed by atoms with Crippen LogP contribution in [0.3, 0.4) is 0 Å². The monoisotopic (exact) mass is 380 g/mol. The first-order valence-corrected chi connectivity index (χ1v) is 11.0. The summed E-state index contributed by atoms with van der Waals surface area (Å²) in [6, 6.07) is 6.46. The molecule has 2 N–H and O–H groups in total. The normalized spacial score (nSPS) is 26.3. The molecule has 1 saturated carbocycles. The lowest BCUT2D eigenvalue weighted by Crippen LogP contribution is -3.15. The van der Waals surface area contributed by atoms with Crippen LogP contribution >= 0.6 is 0 Å². The van der Waals surface area contributed by atoms with E-state index < -0.39 is 10.0 Å². The lowest BCUT2D eigenvalue weighted by Gasteiger charge is -2.38. The Kier molecular flexibility index (Phi) is 5.99. The molecule has 1 aliphatic carbocycles. The third kappa shape index (κ3) is 4.45. The maximum atomic E-state index is 12.4. The van der Waals surface area contributed by atoms with Crippen molar-refractivity contribution >= 4 is 21.6 Å². The number of benzene rings is 1. The highest BCUT2D eigenvalue weighted by atomic mass is 32.2. The number of carbonyl (C=O) groups excluding carboxylic acids is 1. The molecule has 26 heavy (non-hydrogen) atoms. The van der Waals surface area contributed by atoms with Gasteiger partial charge in [0.05, 0.1) is 18.0 Å². The summed E-state index contributed by atoms with van der Waals surface area (Å²) in [5, 5.41) is 2.87. The Morgan fingerprint density at radius 2 is 1.92 bits per heavy atom. The molecule has 1 unspecified atom stereocenters. The Morgan fingerprint density at radius 3 is 2.65 bits per heavy atom. The van der Waals surface area contributed by atoms with E-state index in [9.17, 15) is 13.2 Å². The number of hydrogen-bond acceptors (Lipinski definition) is 3. The van der Waals surface area contributed by atoms with Crippen molar-refractivity contribution in [2.45, 2.75) is 37.0 Å². The molecule has 0 spiro atoms. The number of quaternary nitrogens is 1. The first-order valence-electron chi connectivity index (χ1n) is 9.52. The molecule has 7 heteroatoms. The minimum atomic E-state index is -3.50. The molecule has 0 radical (unpaired) electrons. The summed E-state index contributed by atoms with van der Waals surface area (Å²) in [7, 11) is -0.501. The third-order valence-corrected chi connectivity index (χ3v) is 7.60. The highest BCUT2D eigenvalue weighted by Gasteiger charge is 2.34. The minimum absolute atomic E-state index is 0.0475. The number of fused-ring (bicyclic) bond motifs is 1. The summed E-state index contributed by atoms with van der Waals surface area (Å²) in [6.07, 6.45) is 6.58. The van der Waals surface area contributed by atoms with Gasteiger partial charge < -0.3 is 10.2 Å². The predicted molar refractivity (Wildman–Crippen MR) is 102 cm³/mol. The van der Waals surface area contributed by atoms with Gasteiger partial charge in [0.15, 0.2) is 6.54 Å². The zero-order valence-corrected chi connectivity index (χ0v) is 16.5. The van der Waals surface area contributed by atoms with Gasteiger partial charge in [0.2, 0.25) is 10.0 Å². The third-order valence-electron chi connectivity index (χ3n) is 5.79. The second-order valence-corrected chi connectivity index (χ2v) is 9.99. The molecule has 1 aromatic rings. The van der Waals surface area contributed by atoms with Crippen molar-refractivity contribution in [1.29, 1.82) is 0 Å². The van der Waals surface area contributed by atoms with E-state index >= 15 is 0 Å². The average molecular weight is 381 g/mol. The summed E-state index contributed by atoms with van der Waals surface area (Å²) >= 11 is 0. The summed E-state index contributed by atoms with van der Waals surface area (Å²) in [4.78, 5) is 14.0. The molecule has 2 aliphatic rings. The van der Waals surface area contributed by atoms with E-state index in [1.165, 1.54) is 61.5 Å². The van der Waals surface area contributed by atoms with Crippen LogP contribution in [0.1, 0.15) is 32.1 Å². The number of nitrogens with zero attached hydrogens (tertiary/aromatic N) is 1. The van der Waals surface area contributed by atoms with Crippen LogP contribution in [-0.4, -0.2) is 52.4 Å². The zero-order valence-electron chi connectivity index (χ0n) is 15.7. The van der Waals surface area contributed by atoms with Crippen molar-refractivity contribution < 1.29 is 18.1 Å². The summed E-state index contributed by atoms with van der Waals surface area (Å²) in [5.74, 6) is 1.59. The van der Waals surface area contributed by atoms with Crippen LogP contribution in [0.25, 0.3) is 0 Å². The van der Waals surface area contributed by atoms with Crippen LogP contribution in [0.2, 0.25) is 0 Å². The minimum Gasteiger partial charge on any atom is -0.327 e. The van der Waals surface area contributed by atoms with Crippen LogP contribution in [0.5, 0.6) is 0 Å². The molecule has 3 rings (SSSR count). The number of anilines is 1. The molecule has 1 amide bonds. The average Bonchev–Trinajstić information content (AvgIpc) is 2.61. The maximum absolute atomic E-state index is 12.4. The molecule has 0 bridgehead atoms. The Labute approximate surface area is 156 Å². The Balaban J connectivity index is 1.58. The standard InChI is InChI=1S/C19H29N3O3S/c1-21(2)26(24,25)18-9-5-8-17(12-18)20-19(23)14-22-11-10-15-6-3-4-7-16(15)13-22/h5,8-9,12,15-16H,3-4,6-7,10-11,13-14H2,1-2H3,(H,20,23)/p+1/t15-,16+/m0/s1. The van der Waals surface area contributed by atoms with E-state index in [-0.39, 0.29) is 10.8 Å². The number of amides is 1. The van der Waals surface area contributed by atoms with Crippen molar-refractivity contribution in [1.82, 2.24) is 4.31 Å². The van der Waals surface area contributed by atoms with Gasteiger partial charge in [-0.1, -0.05) is 18.9 Å². The van der Waals surface area contributed by atoms with Gasteiger partial charge in [0.1, 0.15) is 0 Å². The van der Waals surface area contributed by atoms with Gasteiger partial charge in [-0.3, -0.25) is 4.79 Å². The first kappa shape index (κ1) is 19.3. The van der Waals surface area contributed by atoms with E-state index in [0.717, 1.165) is 24.9 Å². The molecular formula is C19H30N3O3S+. The second kappa shape index (κ2) is 8.06. The molecule has 1 heterocycles. The lowest BCUT2D eigenvalue weighted by molar-refractivity contribution is -0.902. The van der Waals surface area contributed by atoms with Gasteiger partial charge in [-0.25, -0.2) is 12.7 Å². The SMILES string of the molecule is CN(C)S(=O)(=O)c1cccc(NC(=O)C[NH+]2CC[C@@H]3CCCC[C@@H]3C2)c1. The van der Waals surface area contributed by atoms with Gasteiger partial charge in [-0.05, 0) is 43.4 Å². The van der Waals surface area contributed by atoms with Gasteiger partial charge in [-0.15, -0.1) is 0 Å². The maximum Gasteiger partial charge on any atom is 0.279 e. The molecule has 6 nitrogen and oxygen atoms in total. The van der Waals surface area contributed by atoms with E-state index in [4.69, 9.17) is 0 Å². The van der Waals surface area contributed by atoms with Crippen molar-refractivity contribution in [2.24, 2.45) is 11.8 Å². The molecule has 1 saturated heterocycles. The Morgan fingerprint density at radius 1 is 1.19 bits per heavy atom. The van der Waals surface area contributed by atoms with E-state index in [2.05, 4.69) is 5.32 Å². The van der Waals surface area contributed by atoms with Crippen molar-refractivity contribution in [3.63, 3.8) is 0 Å². The van der Waals surface area contributed by atoms with Gasteiger partial charge in [0.25, 0.3) is 5.91 Å².